The van der Waals surface area contributed by atoms with Crippen LogP contribution in [-0.2, 0) is 45.3 Å². The molecule has 9 N–H and O–H groups in total. The summed E-state index contributed by atoms with van der Waals surface area (Å²) < 4.78 is 76.8. The van der Waals surface area contributed by atoms with Crippen LogP contribution in [0.3, 0.4) is 0 Å². The van der Waals surface area contributed by atoms with Crippen LogP contribution in [0.1, 0.15) is 140 Å². The van der Waals surface area contributed by atoms with Gasteiger partial charge in [0.2, 0.25) is 0 Å². The van der Waals surface area contributed by atoms with Crippen LogP contribution in [0, 0.1) is 0 Å². The van der Waals surface area contributed by atoms with Gasteiger partial charge in [0.15, 0.2) is 0 Å². The maximum atomic E-state index is 12.6. The number of halogens is 4. The van der Waals surface area contributed by atoms with Crippen molar-refractivity contribution >= 4 is 109 Å². The van der Waals surface area contributed by atoms with E-state index < -0.39 is 46.9 Å². The molecule has 78 heavy (non-hydrogen) atoms. The third kappa shape index (κ3) is 22.1. The molecule has 0 aromatic heterocycles. The first-order valence-corrected chi connectivity index (χ1v) is 28.2. The van der Waals surface area contributed by atoms with Crippen molar-refractivity contribution in [3.8, 4) is 0 Å². The van der Waals surface area contributed by atoms with Crippen molar-refractivity contribution in [2.75, 3.05) is 15.2 Å². The number of amides is 1. The maximum absolute atomic E-state index is 12.6. The first-order valence-electron chi connectivity index (χ1n) is 21.8. The monoisotopic (exact) mass is 1220 g/mol. The van der Waals surface area contributed by atoms with Gasteiger partial charge in [0.05, 0.1) is 42.8 Å². The molecular weight excluding hydrogens is 1140 g/mol. The third-order valence-electron chi connectivity index (χ3n) is 10.4. The Morgan fingerprint density at radius 1 is 0.449 bits per heavy atom. The van der Waals surface area contributed by atoms with Crippen molar-refractivity contribution in [2.45, 2.75) is 123 Å². The average molecular weight is 1220 g/mol. The van der Waals surface area contributed by atoms with E-state index in [2.05, 4.69) is 30.2 Å². The summed E-state index contributed by atoms with van der Waals surface area (Å²) in [4.78, 5) is 33.8. The standard InChI is InChI=1S/C17H20ClN3O3S.C17H18ClNO4S.C10H13ClO2S.C7H6ClNO2.4CH4/c1-17(2,3)11-4-7-13(8-5-11)25(23,24)21-15-9-6-12(18)10-14(15)16(22)20-19;1-17(2,3)11-4-7-13(8-5-11)24(22,23)19-15-9-6-12(18)10-14(15)16(20)21;1-10(2,3)8-4-6-9(7-5-8)14(11,12)13;8-4-1-2-6(9)5(3-4)7(10)11;;;;/h4-10,21H,19H2,1-3H3,(H,20,22);4-10,19H,1-3H3,(H,20,21);4-7H,1-3H3;1-3H,9H2,(H,10,11);4*1H4. The fourth-order valence-corrected chi connectivity index (χ4v) is 9.61. The Labute approximate surface area is 481 Å². The van der Waals surface area contributed by atoms with Gasteiger partial charge < -0.3 is 15.9 Å². The molecule has 6 aromatic carbocycles. The molecule has 6 rings (SSSR count). The minimum atomic E-state index is -3.90. The molecule has 23 heteroatoms. The van der Waals surface area contributed by atoms with Crippen LogP contribution < -0.4 is 26.4 Å². The van der Waals surface area contributed by atoms with Gasteiger partial charge in [-0.05, 0) is 124 Å². The van der Waals surface area contributed by atoms with Gasteiger partial charge in [0, 0.05) is 31.4 Å². The summed E-state index contributed by atoms with van der Waals surface area (Å²) in [5, 5.41) is 18.6. The second-order valence-corrected chi connectivity index (χ2v) is 26.4. The molecule has 0 aliphatic heterocycles. The Morgan fingerprint density at radius 3 is 1.01 bits per heavy atom. The molecule has 0 heterocycles. The van der Waals surface area contributed by atoms with Gasteiger partial charge in [0.25, 0.3) is 35.0 Å². The number of carbonyl (C=O) groups excluding carboxylic acids is 1. The van der Waals surface area contributed by atoms with Crippen molar-refractivity contribution in [2.24, 2.45) is 5.84 Å². The first kappa shape index (κ1) is 74.2. The number of nitrogens with two attached hydrogens (primary N) is 2. The van der Waals surface area contributed by atoms with Crippen LogP contribution >= 0.6 is 45.5 Å². The number of nitrogens with one attached hydrogen (secondary N) is 3. The number of hydrogen-bond donors (Lipinski definition) is 7. The zero-order chi connectivity index (χ0) is 56.4. The zero-order valence-electron chi connectivity index (χ0n) is 41.6. The van der Waals surface area contributed by atoms with Gasteiger partial charge in [-0.1, -0.05) is 163 Å². The number of carboxylic acids is 2. The molecule has 0 atom stereocenters. The second-order valence-electron chi connectivity index (χ2n) is 19.2. The Balaban J connectivity index is 0. The Kier molecular flexibility index (Phi) is 28.4. The number of benzene rings is 6. The summed E-state index contributed by atoms with van der Waals surface area (Å²) in [6, 6.07) is 32.2. The molecule has 0 saturated heterocycles. The number of carboxylic acid groups (broad SMARTS) is 2. The lowest BCUT2D eigenvalue weighted by Crippen LogP contribution is -2.31. The van der Waals surface area contributed by atoms with E-state index in [1.165, 1.54) is 84.9 Å². The molecule has 0 spiro atoms. The van der Waals surface area contributed by atoms with Gasteiger partial charge in [-0.3, -0.25) is 19.7 Å². The molecule has 0 unspecified atom stereocenters. The summed E-state index contributed by atoms with van der Waals surface area (Å²) in [5.41, 5.74) is 10.4. The highest BCUT2D eigenvalue weighted by Crippen LogP contribution is 2.29. The van der Waals surface area contributed by atoms with Gasteiger partial charge >= 0.3 is 11.9 Å². The topological polar surface area (TPSA) is 282 Å². The largest absolute Gasteiger partial charge is 0.478 e. The quantitative estimate of drug-likeness (QED) is 0.0221. The number of anilines is 3. The minimum Gasteiger partial charge on any atom is -0.478 e. The lowest BCUT2D eigenvalue weighted by atomic mass is 9.87. The summed E-state index contributed by atoms with van der Waals surface area (Å²) in [7, 11) is -6.16. The fourth-order valence-electron chi connectivity index (χ4n) is 6.16. The van der Waals surface area contributed by atoms with Crippen LogP contribution in [0.4, 0.5) is 17.1 Å². The number of hydrogen-bond acceptors (Lipinski definition) is 11. The number of carbonyl (C=O) groups is 3. The van der Waals surface area contributed by atoms with Crippen LogP contribution in [0.2, 0.25) is 15.1 Å². The van der Waals surface area contributed by atoms with Gasteiger partial charge in [-0.25, -0.2) is 40.7 Å². The van der Waals surface area contributed by atoms with E-state index in [-0.39, 0.29) is 104 Å². The number of nitrogen functional groups attached to an aromatic ring is 2. The van der Waals surface area contributed by atoms with E-state index in [0.717, 1.165) is 16.7 Å². The highest BCUT2D eigenvalue weighted by Gasteiger charge is 2.23. The number of hydrazine groups is 1. The predicted octanol–water partition coefficient (Wildman–Crippen LogP) is 14.3. The Morgan fingerprint density at radius 2 is 0.731 bits per heavy atom. The molecular formula is C55H73Cl4N5O11S3. The molecule has 0 saturated carbocycles. The number of sulfonamides is 2. The first-order chi connectivity index (χ1) is 33.9. The second kappa shape index (κ2) is 29.9. The highest BCUT2D eigenvalue weighted by molar-refractivity contribution is 8.13. The zero-order valence-corrected chi connectivity index (χ0v) is 47.1. The minimum absolute atomic E-state index is 0. The summed E-state index contributed by atoms with van der Waals surface area (Å²) >= 11 is 17.2. The van der Waals surface area contributed by atoms with E-state index in [1.54, 1.807) is 42.5 Å². The Hall–Kier alpha value is -5.90. The maximum Gasteiger partial charge on any atom is 0.337 e. The smallest absolute Gasteiger partial charge is 0.337 e. The molecule has 6 aromatic rings. The summed E-state index contributed by atoms with van der Waals surface area (Å²) in [6.07, 6.45) is 0. The van der Waals surface area contributed by atoms with Crippen molar-refractivity contribution < 1.29 is 49.9 Å². The molecule has 0 aliphatic carbocycles. The van der Waals surface area contributed by atoms with Gasteiger partial charge in [-0.2, -0.15) is 0 Å². The predicted molar refractivity (Wildman–Crippen MR) is 321 cm³/mol. The van der Waals surface area contributed by atoms with Crippen LogP contribution in [-0.4, -0.2) is 53.3 Å². The lowest BCUT2D eigenvalue weighted by molar-refractivity contribution is 0.0687. The Bertz CT molecular complexity index is 3330. The summed E-state index contributed by atoms with van der Waals surface area (Å²) in [6.45, 7) is 18.4. The van der Waals surface area contributed by atoms with Crippen molar-refractivity contribution in [1.82, 2.24) is 5.43 Å². The third-order valence-corrected chi connectivity index (χ3v) is 15.2. The van der Waals surface area contributed by atoms with E-state index in [4.69, 9.17) is 62.2 Å². The highest BCUT2D eigenvalue weighted by atomic mass is 35.7. The molecule has 1 amide bonds. The van der Waals surface area contributed by atoms with Crippen molar-refractivity contribution in [1.29, 1.82) is 0 Å². The average Bonchev–Trinajstić information content (AvgIpc) is 3.30. The molecule has 0 bridgehead atoms. The molecule has 430 valence electrons. The molecule has 0 aliphatic rings. The fraction of sp³-hybridized carbons (Fsp3) is 0.291. The molecule has 0 fully saturated rings. The van der Waals surface area contributed by atoms with E-state index >= 15 is 0 Å². The SMILES string of the molecule is C.C.C.C.CC(C)(C)c1ccc(S(=O)(=O)Cl)cc1.CC(C)(C)c1ccc(S(=O)(=O)Nc2ccc(Cl)cc2C(=O)NN)cc1.CC(C)(C)c1ccc(S(=O)(=O)Nc2ccc(Cl)cc2C(=O)O)cc1.Nc1ccc(Cl)cc1C(=O)O. The van der Waals surface area contributed by atoms with E-state index in [1.807, 2.05) is 47.0 Å². The van der Waals surface area contributed by atoms with Gasteiger partial charge in [0.1, 0.15) is 0 Å². The molecule has 0 radical (unpaired) electrons. The van der Waals surface area contributed by atoms with E-state index in [0.29, 0.717) is 5.02 Å². The summed E-state index contributed by atoms with van der Waals surface area (Å²) in [5.74, 6) is 2.16. The van der Waals surface area contributed by atoms with Crippen LogP contribution in [0.15, 0.2) is 142 Å². The van der Waals surface area contributed by atoms with Crippen LogP contribution in [0.25, 0.3) is 0 Å². The van der Waals surface area contributed by atoms with Gasteiger partial charge in [-0.15, -0.1) is 0 Å². The number of aromatic carboxylic acids is 2. The van der Waals surface area contributed by atoms with Crippen molar-refractivity contribution in [3.05, 3.63) is 176 Å². The number of rotatable bonds is 10. The normalized spacial score (nSPS) is 11.2. The lowest BCUT2D eigenvalue weighted by Gasteiger charge is -2.19. The van der Waals surface area contributed by atoms with Crippen molar-refractivity contribution in [3.63, 3.8) is 0 Å². The van der Waals surface area contributed by atoms with E-state index in [9.17, 15) is 44.7 Å². The molecule has 16 nitrogen and oxygen atoms in total. The van der Waals surface area contributed by atoms with Crippen LogP contribution in [0.5, 0.6) is 0 Å².